The van der Waals surface area contributed by atoms with Crippen molar-refractivity contribution in [3.8, 4) is 5.88 Å². The van der Waals surface area contributed by atoms with E-state index in [1.807, 2.05) is 20.8 Å². The van der Waals surface area contributed by atoms with Gasteiger partial charge in [0, 0.05) is 0 Å². The van der Waals surface area contributed by atoms with E-state index in [2.05, 4.69) is 9.38 Å². The fourth-order valence-corrected chi connectivity index (χ4v) is 1.49. The van der Waals surface area contributed by atoms with Gasteiger partial charge >= 0.3 is 0 Å². The zero-order chi connectivity index (χ0) is 13.1. The maximum atomic E-state index is 13.0. The fraction of sp³-hybridized carbons (Fsp3) is 0.455. The van der Waals surface area contributed by atoms with Gasteiger partial charge in [-0.15, -0.1) is 0 Å². The largest absolute Gasteiger partial charge is 0.591 e. The molecule has 0 aliphatic rings. The molecule has 0 saturated carbocycles. The summed E-state index contributed by atoms with van der Waals surface area (Å²) < 4.78 is 33.0. The van der Waals surface area contributed by atoms with Crippen molar-refractivity contribution in [3.63, 3.8) is 0 Å². The van der Waals surface area contributed by atoms with Gasteiger partial charge in [-0.25, -0.2) is 9.37 Å². The van der Waals surface area contributed by atoms with Crippen molar-refractivity contribution in [1.29, 1.82) is 0 Å². The predicted molar refractivity (Wildman–Crippen MR) is 66.2 cm³/mol. The van der Waals surface area contributed by atoms with Crippen LogP contribution in [-0.2, 0) is 11.4 Å². The number of ether oxygens (including phenoxy) is 1. The molecule has 4 nitrogen and oxygen atoms in total. The zero-order valence-corrected chi connectivity index (χ0v) is 11.0. The van der Waals surface area contributed by atoms with Gasteiger partial charge in [-0.3, -0.25) is 0 Å². The smallest absolute Gasteiger partial charge is 0.222 e. The van der Waals surface area contributed by atoms with Crippen molar-refractivity contribution in [3.05, 3.63) is 23.6 Å². The molecule has 0 aromatic carbocycles. The Bertz CT molecular complexity index is 418. The Hall–Kier alpha value is -1.14. The van der Waals surface area contributed by atoms with Gasteiger partial charge < -0.3 is 9.29 Å². The Balaban J connectivity index is 2.94. The minimum atomic E-state index is -1.39. The van der Waals surface area contributed by atoms with Crippen LogP contribution in [-0.4, -0.2) is 27.6 Å². The lowest BCUT2D eigenvalue weighted by molar-refractivity contribution is 0.395. The van der Waals surface area contributed by atoms with Crippen LogP contribution in [0.3, 0.4) is 0 Å². The van der Waals surface area contributed by atoms with Crippen molar-refractivity contribution in [2.24, 2.45) is 4.40 Å². The van der Waals surface area contributed by atoms with E-state index >= 15 is 0 Å². The summed E-state index contributed by atoms with van der Waals surface area (Å²) in [5.41, 5.74) is 0.366. The third-order valence-corrected chi connectivity index (χ3v) is 3.19. The Morgan fingerprint density at radius 2 is 2.18 bits per heavy atom. The lowest BCUT2D eigenvalue weighted by atomic mass is 10.3. The first-order valence-electron chi connectivity index (χ1n) is 5.00. The van der Waals surface area contributed by atoms with Gasteiger partial charge in [0.2, 0.25) is 5.88 Å². The van der Waals surface area contributed by atoms with Crippen molar-refractivity contribution in [1.82, 2.24) is 4.98 Å². The quantitative estimate of drug-likeness (QED) is 0.616. The molecule has 94 valence electrons. The van der Waals surface area contributed by atoms with Gasteiger partial charge in [0.05, 0.1) is 25.1 Å². The molecular weight excluding hydrogens is 243 g/mol. The van der Waals surface area contributed by atoms with Crippen molar-refractivity contribution >= 4 is 17.6 Å². The van der Waals surface area contributed by atoms with Crippen molar-refractivity contribution < 1.29 is 13.7 Å². The number of hydrogen-bond donors (Lipinski definition) is 0. The molecule has 17 heavy (non-hydrogen) atoms. The molecule has 1 heterocycles. The van der Waals surface area contributed by atoms with Gasteiger partial charge in [-0.1, -0.05) is 4.40 Å². The first kappa shape index (κ1) is 13.9. The summed E-state index contributed by atoms with van der Waals surface area (Å²) in [5.74, 6) is -0.241. The minimum absolute atomic E-state index is 0.251. The summed E-state index contributed by atoms with van der Waals surface area (Å²) in [6.45, 7) is 5.42. The molecule has 1 unspecified atom stereocenters. The molecule has 1 rings (SSSR count). The summed E-state index contributed by atoms with van der Waals surface area (Å²) >= 11 is -1.39. The molecule has 0 N–H and O–H groups in total. The van der Waals surface area contributed by atoms with Crippen LogP contribution in [0.4, 0.5) is 4.39 Å². The highest BCUT2D eigenvalue weighted by Crippen LogP contribution is 2.18. The van der Waals surface area contributed by atoms with E-state index in [1.165, 1.54) is 19.4 Å². The van der Waals surface area contributed by atoms with Gasteiger partial charge in [0.1, 0.15) is 21.9 Å². The van der Waals surface area contributed by atoms with Crippen LogP contribution in [0.1, 0.15) is 26.3 Å². The maximum Gasteiger partial charge on any atom is 0.222 e. The molecule has 1 atom stereocenters. The van der Waals surface area contributed by atoms with E-state index in [1.54, 1.807) is 0 Å². The van der Waals surface area contributed by atoms with E-state index in [0.717, 1.165) is 6.20 Å². The van der Waals surface area contributed by atoms with Crippen LogP contribution >= 0.6 is 0 Å². The van der Waals surface area contributed by atoms with Crippen LogP contribution in [0.15, 0.2) is 16.7 Å². The highest BCUT2D eigenvalue weighted by Gasteiger charge is 2.26. The summed E-state index contributed by atoms with van der Waals surface area (Å²) in [7, 11) is 1.43. The van der Waals surface area contributed by atoms with Crippen LogP contribution in [0, 0.1) is 5.82 Å². The van der Waals surface area contributed by atoms with Gasteiger partial charge in [-0.05, 0) is 26.8 Å². The van der Waals surface area contributed by atoms with Crippen LogP contribution in [0.5, 0.6) is 5.88 Å². The van der Waals surface area contributed by atoms with E-state index in [9.17, 15) is 8.94 Å². The number of halogens is 1. The lowest BCUT2D eigenvalue weighted by Gasteiger charge is -2.17. The molecule has 0 amide bonds. The maximum absolute atomic E-state index is 13.0. The number of hydrogen-bond acceptors (Lipinski definition) is 4. The number of rotatable bonds is 3. The second-order valence-electron chi connectivity index (χ2n) is 4.35. The topological polar surface area (TPSA) is 57.5 Å². The average Bonchev–Trinajstić information content (AvgIpc) is 2.24. The molecule has 0 aliphatic heterocycles. The summed E-state index contributed by atoms with van der Waals surface area (Å²) in [6.07, 6.45) is 2.37. The van der Waals surface area contributed by atoms with Gasteiger partial charge in [0.15, 0.2) is 0 Å². The molecule has 0 saturated heterocycles. The van der Waals surface area contributed by atoms with E-state index in [0.29, 0.717) is 5.56 Å². The Kier molecular flexibility index (Phi) is 4.47. The summed E-state index contributed by atoms with van der Waals surface area (Å²) in [6, 6.07) is 1.23. The molecule has 0 radical (unpaired) electrons. The Morgan fingerprint density at radius 1 is 1.53 bits per heavy atom. The standard InChI is InChI=1S/C11H15FN2O2S/c1-11(2,3)17(15)14-6-8-5-9(12)7-13-10(8)16-4/h5-7H,1-4H3. The summed E-state index contributed by atoms with van der Waals surface area (Å²) in [4.78, 5) is 3.75. The molecule has 6 heteroatoms. The van der Waals surface area contributed by atoms with E-state index in [-0.39, 0.29) is 5.88 Å². The van der Waals surface area contributed by atoms with Gasteiger partial charge in [0.25, 0.3) is 0 Å². The molecule has 0 fully saturated rings. The normalized spacial score (nSPS) is 14.0. The highest BCUT2D eigenvalue weighted by molar-refractivity contribution is 7.91. The summed E-state index contributed by atoms with van der Waals surface area (Å²) in [5, 5.41) is 0. The van der Waals surface area contributed by atoms with Gasteiger partial charge in [-0.2, -0.15) is 0 Å². The first-order valence-corrected chi connectivity index (χ1v) is 6.11. The Morgan fingerprint density at radius 3 is 2.71 bits per heavy atom. The van der Waals surface area contributed by atoms with E-state index < -0.39 is 21.9 Å². The van der Waals surface area contributed by atoms with Crippen molar-refractivity contribution in [2.45, 2.75) is 25.5 Å². The molecule has 1 aromatic rings. The second kappa shape index (κ2) is 5.46. The van der Waals surface area contributed by atoms with Crippen LogP contribution < -0.4 is 4.74 Å². The number of pyridine rings is 1. The second-order valence-corrected chi connectivity index (χ2v) is 6.28. The first-order chi connectivity index (χ1) is 7.84. The Labute approximate surface area is 103 Å². The molecule has 1 aromatic heterocycles. The lowest BCUT2D eigenvalue weighted by Crippen LogP contribution is -2.25. The molecular formula is C11H15FN2O2S. The SMILES string of the molecule is COc1ncc(F)cc1C=N[S+]([O-])C(C)(C)C. The molecule has 0 bridgehead atoms. The third-order valence-electron chi connectivity index (χ3n) is 1.85. The molecule has 0 aliphatic carbocycles. The highest BCUT2D eigenvalue weighted by atomic mass is 32.2. The molecule has 0 spiro atoms. The fourth-order valence-electron chi connectivity index (χ4n) is 0.968. The monoisotopic (exact) mass is 258 g/mol. The average molecular weight is 258 g/mol. The predicted octanol–water partition coefficient (Wildman–Crippen LogP) is 2.11. The minimum Gasteiger partial charge on any atom is -0.591 e. The van der Waals surface area contributed by atoms with Crippen molar-refractivity contribution in [2.75, 3.05) is 7.11 Å². The van der Waals surface area contributed by atoms with Crippen LogP contribution in [0.25, 0.3) is 0 Å². The number of nitrogens with zero attached hydrogens (tertiary/aromatic N) is 2. The zero-order valence-electron chi connectivity index (χ0n) is 10.2. The number of methoxy groups -OCH3 is 1. The van der Waals surface area contributed by atoms with Crippen LogP contribution in [0.2, 0.25) is 0 Å². The third kappa shape index (κ3) is 3.98. The number of aromatic nitrogens is 1. The van der Waals surface area contributed by atoms with E-state index in [4.69, 9.17) is 4.74 Å².